The van der Waals surface area contributed by atoms with Crippen molar-refractivity contribution in [3.63, 3.8) is 0 Å². The molecule has 88 valence electrons. The van der Waals surface area contributed by atoms with Gasteiger partial charge in [-0.25, -0.2) is 0 Å². The first-order valence-corrected chi connectivity index (χ1v) is 5.85. The molecule has 0 radical (unpaired) electrons. The van der Waals surface area contributed by atoms with Gasteiger partial charge in [-0.05, 0) is 25.2 Å². The second-order valence-electron chi connectivity index (χ2n) is 3.52. The monoisotopic (exact) mass is 246 g/mol. The number of benzene rings is 1. The quantitative estimate of drug-likeness (QED) is 0.441. The fourth-order valence-electron chi connectivity index (χ4n) is 1.56. The molecule has 0 saturated heterocycles. The van der Waals surface area contributed by atoms with Crippen molar-refractivity contribution in [3.05, 3.63) is 36.0 Å². The highest BCUT2D eigenvalue weighted by atomic mass is 32.1. The molecule has 2 aromatic rings. The average molecular weight is 246 g/mol. The van der Waals surface area contributed by atoms with E-state index in [0.717, 1.165) is 23.0 Å². The minimum absolute atomic E-state index is 0.531. The van der Waals surface area contributed by atoms with E-state index in [2.05, 4.69) is 26.9 Å². The van der Waals surface area contributed by atoms with Crippen LogP contribution in [-0.2, 0) is 0 Å². The Morgan fingerprint density at radius 1 is 1.47 bits per heavy atom. The van der Waals surface area contributed by atoms with Crippen LogP contribution in [0.25, 0.3) is 10.9 Å². The van der Waals surface area contributed by atoms with Crippen LogP contribution in [0.1, 0.15) is 12.5 Å². The molecule has 5 heteroatoms. The summed E-state index contributed by atoms with van der Waals surface area (Å²) in [5.41, 5.74) is 4.90. The standard InChI is InChI=1S/C12H14N4S/c1-2-13-12(17)16-15-8-9-7-14-11-6-4-3-5-10(9)11/h3-8,14H,2H2,1H3,(H2,13,16,17). The number of hydrogen-bond acceptors (Lipinski definition) is 2. The van der Waals surface area contributed by atoms with Gasteiger partial charge in [-0.2, -0.15) is 5.10 Å². The Labute approximate surface area is 105 Å². The molecule has 0 spiro atoms. The van der Waals surface area contributed by atoms with Crippen LogP contribution >= 0.6 is 12.2 Å². The van der Waals surface area contributed by atoms with Gasteiger partial charge in [-0.3, -0.25) is 5.43 Å². The molecule has 3 N–H and O–H groups in total. The van der Waals surface area contributed by atoms with Gasteiger partial charge in [0.25, 0.3) is 0 Å². The van der Waals surface area contributed by atoms with E-state index >= 15 is 0 Å². The van der Waals surface area contributed by atoms with Gasteiger partial charge in [0.1, 0.15) is 0 Å². The number of nitrogens with one attached hydrogen (secondary N) is 3. The Morgan fingerprint density at radius 2 is 2.29 bits per heavy atom. The zero-order valence-electron chi connectivity index (χ0n) is 9.53. The zero-order chi connectivity index (χ0) is 12.1. The predicted molar refractivity (Wildman–Crippen MR) is 75.3 cm³/mol. The summed E-state index contributed by atoms with van der Waals surface area (Å²) in [5, 5.41) is 8.72. The fourth-order valence-corrected chi connectivity index (χ4v) is 1.76. The molecule has 0 saturated carbocycles. The molecule has 17 heavy (non-hydrogen) atoms. The van der Waals surface area contributed by atoms with Crippen molar-refractivity contribution in [3.8, 4) is 0 Å². The van der Waals surface area contributed by atoms with Crippen LogP contribution in [0, 0.1) is 0 Å². The molecule has 0 fully saturated rings. The van der Waals surface area contributed by atoms with E-state index in [-0.39, 0.29) is 0 Å². The van der Waals surface area contributed by atoms with Gasteiger partial charge < -0.3 is 10.3 Å². The summed E-state index contributed by atoms with van der Waals surface area (Å²) in [6.07, 6.45) is 3.68. The maximum absolute atomic E-state index is 5.00. The lowest BCUT2D eigenvalue weighted by Crippen LogP contribution is -2.31. The van der Waals surface area contributed by atoms with Crippen LogP contribution in [0.5, 0.6) is 0 Å². The molecular weight excluding hydrogens is 232 g/mol. The van der Waals surface area contributed by atoms with Crippen molar-refractivity contribution in [2.24, 2.45) is 5.10 Å². The minimum atomic E-state index is 0.531. The number of hydrogen-bond donors (Lipinski definition) is 3. The number of aromatic amines is 1. The number of para-hydroxylation sites is 1. The lowest BCUT2D eigenvalue weighted by atomic mass is 10.2. The molecule has 0 aliphatic rings. The second kappa shape index (κ2) is 5.45. The predicted octanol–water partition coefficient (Wildman–Crippen LogP) is 1.99. The molecule has 1 heterocycles. The van der Waals surface area contributed by atoms with Gasteiger partial charge >= 0.3 is 0 Å². The summed E-state index contributed by atoms with van der Waals surface area (Å²) in [5.74, 6) is 0. The fraction of sp³-hybridized carbons (Fsp3) is 0.167. The second-order valence-corrected chi connectivity index (χ2v) is 3.93. The van der Waals surface area contributed by atoms with Crippen molar-refractivity contribution >= 4 is 34.4 Å². The summed E-state index contributed by atoms with van der Waals surface area (Å²) in [6, 6.07) is 8.09. The van der Waals surface area contributed by atoms with Crippen molar-refractivity contribution in [2.45, 2.75) is 6.92 Å². The van der Waals surface area contributed by atoms with E-state index in [1.807, 2.05) is 31.3 Å². The Kier molecular flexibility index (Phi) is 3.72. The number of nitrogens with zero attached hydrogens (tertiary/aromatic N) is 1. The third-order valence-electron chi connectivity index (χ3n) is 2.33. The smallest absolute Gasteiger partial charge is 0.186 e. The Hall–Kier alpha value is -1.88. The van der Waals surface area contributed by atoms with E-state index in [0.29, 0.717) is 5.11 Å². The third-order valence-corrected chi connectivity index (χ3v) is 2.56. The van der Waals surface area contributed by atoms with Crippen LogP contribution < -0.4 is 10.7 Å². The largest absolute Gasteiger partial charge is 0.362 e. The average Bonchev–Trinajstić information content (AvgIpc) is 2.73. The summed E-state index contributed by atoms with van der Waals surface area (Å²) in [6.45, 7) is 2.77. The zero-order valence-corrected chi connectivity index (χ0v) is 10.3. The van der Waals surface area contributed by atoms with E-state index in [9.17, 15) is 0 Å². The van der Waals surface area contributed by atoms with E-state index in [1.165, 1.54) is 0 Å². The van der Waals surface area contributed by atoms with Crippen molar-refractivity contribution < 1.29 is 0 Å². The van der Waals surface area contributed by atoms with Gasteiger partial charge in [0.15, 0.2) is 5.11 Å². The lowest BCUT2D eigenvalue weighted by molar-refractivity contribution is 0.904. The summed E-state index contributed by atoms with van der Waals surface area (Å²) >= 11 is 5.00. The van der Waals surface area contributed by atoms with Gasteiger partial charge in [0.2, 0.25) is 0 Å². The van der Waals surface area contributed by atoms with Crippen molar-refractivity contribution in [1.82, 2.24) is 15.7 Å². The molecule has 0 aliphatic carbocycles. The van der Waals surface area contributed by atoms with E-state index < -0.39 is 0 Å². The van der Waals surface area contributed by atoms with E-state index in [4.69, 9.17) is 12.2 Å². The minimum Gasteiger partial charge on any atom is -0.362 e. The number of rotatable bonds is 3. The molecule has 0 amide bonds. The highest BCUT2D eigenvalue weighted by Gasteiger charge is 1.99. The molecule has 1 aromatic carbocycles. The molecular formula is C12H14N4S. The van der Waals surface area contributed by atoms with Crippen LogP contribution in [-0.4, -0.2) is 22.9 Å². The van der Waals surface area contributed by atoms with Crippen molar-refractivity contribution in [1.29, 1.82) is 0 Å². The Bertz CT molecular complexity index is 544. The van der Waals surface area contributed by atoms with Gasteiger partial charge in [-0.1, -0.05) is 18.2 Å². The Morgan fingerprint density at radius 3 is 3.12 bits per heavy atom. The maximum Gasteiger partial charge on any atom is 0.186 e. The first-order chi connectivity index (χ1) is 8.31. The molecule has 0 unspecified atom stereocenters. The first kappa shape index (κ1) is 11.6. The normalized spacial score (nSPS) is 10.9. The Balaban J connectivity index is 2.08. The number of fused-ring (bicyclic) bond motifs is 1. The summed E-state index contributed by atoms with van der Waals surface area (Å²) in [4.78, 5) is 3.18. The lowest BCUT2D eigenvalue weighted by Gasteiger charge is -2.02. The van der Waals surface area contributed by atoms with Gasteiger partial charge in [0.05, 0.1) is 6.21 Å². The number of H-pyrrole nitrogens is 1. The first-order valence-electron chi connectivity index (χ1n) is 5.44. The summed E-state index contributed by atoms with van der Waals surface area (Å²) in [7, 11) is 0. The summed E-state index contributed by atoms with van der Waals surface area (Å²) < 4.78 is 0. The van der Waals surface area contributed by atoms with Crippen LogP contribution in [0.15, 0.2) is 35.6 Å². The number of aromatic nitrogens is 1. The van der Waals surface area contributed by atoms with Crippen molar-refractivity contribution in [2.75, 3.05) is 6.54 Å². The third kappa shape index (κ3) is 2.82. The SMILES string of the molecule is CCNC(=S)NN=Cc1c[nH]c2ccccc12. The maximum atomic E-state index is 5.00. The van der Waals surface area contributed by atoms with Gasteiger partial charge in [0, 0.05) is 29.2 Å². The molecule has 0 bridgehead atoms. The van der Waals surface area contributed by atoms with Gasteiger partial charge in [-0.15, -0.1) is 0 Å². The molecule has 0 atom stereocenters. The molecule has 2 rings (SSSR count). The topological polar surface area (TPSA) is 52.2 Å². The molecule has 0 aliphatic heterocycles. The van der Waals surface area contributed by atoms with Crippen LogP contribution in [0.2, 0.25) is 0 Å². The highest BCUT2D eigenvalue weighted by Crippen LogP contribution is 2.15. The molecule has 4 nitrogen and oxygen atoms in total. The highest BCUT2D eigenvalue weighted by molar-refractivity contribution is 7.80. The number of thiocarbonyl (C=S) groups is 1. The molecule has 1 aromatic heterocycles. The van der Waals surface area contributed by atoms with Crippen LogP contribution in [0.4, 0.5) is 0 Å². The van der Waals surface area contributed by atoms with Crippen LogP contribution in [0.3, 0.4) is 0 Å². The van der Waals surface area contributed by atoms with E-state index in [1.54, 1.807) is 6.21 Å². The number of hydrazone groups is 1.